The lowest BCUT2D eigenvalue weighted by Crippen LogP contribution is -2.66. The summed E-state index contributed by atoms with van der Waals surface area (Å²) in [5, 5.41) is 57.5. The predicted octanol–water partition coefficient (Wildman–Crippen LogP) is 24.2. The summed E-state index contributed by atoms with van der Waals surface area (Å²) >= 11 is 0. The normalized spacial score (nSPS) is 29.6. The van der Waals surface area contributed by atoms with Crippen LogP contribution >= 0.6 is 0 Å². The Kier molecular flexibility index (Phi) is 7.98. The maximum absolute atomic E-state index is 12.8. The number of allylic oxidation sites excluding steroid dienone is 4. The van der Waals surface area contributed by atoms with Crippen molar-refractivity contribution in [2.45, 2.75) is 169 Å². The molecule has 0 radical (unpaired) electrons. The molecule has 10 atom stereocenters. The van der Waals surface area contributed by atoms with Crippen molar-refractivity contribution in [2.24, 2.45) is 17.3 Å². The number of benzene rings is 16. The van der Waals surface area contributed by atoms with E-state index in [9.17, 15) is 4.79 Å². The Labute approximate surface area is 653 Å². The molecule has 38 rings (SSSR count). The minimum atomic E-state index is -0.209. The third-order valence-corrected chi connectivity index (χ3v) is 38.6. The van der Waals surface area contributed by atoms with Crippen LogP contribution in [0.25, 0.3) is 201 Å². The standard InChI is InChI=1S/C51H26O2.C50H32.C11H14/c1-53-28(52)8-5-9-50(27-6-3-2-4-7-27)49-17-25-15-23-13-21-11-19-10-20-12-22-14-24-16-26(18-49)36-32(24)40-34(22)38-30(20)29(19)37-33(21)39-31(23)35(25)47-45-43(39)41(37)42(38)44(40)46(45)48(36)51(47,49)50;1-17-19-5-3-4-6-20(19)18(2)50-30-16-15-29-27-13-11-25-23-9-7-21-22-8-10-24-26-12-14-28(30)38-36(26)41-34(24)32(22)39-31(21)33(23)40-35(25)37(27)47(49(17,29)50)45-43(40)42(39)44(41)46(45)48(38)50;1-8-7-9(2)11-6-4-3-5-10(8)11/h2-4,6-7,11-14,17-18H,5,8-10,15-16H2,1H3;3-7,9-10,17-18,22,29-30H,8,11-16H2,1-2H3;3-6,8-9H,7H2,1-2H3/t;17-,18+,22?,29?,30?,49?,50?;8-,9+/m.0./s1. The van der Waals surface area contributed by atoms with Crippen LogP contribution in [-0.2, 0) is 63.3 Å². The summed E-state index contributed by atoms with van der Waals surface area (Å²) < 4.78 is 5.26. The second-order valence-electron chi connectivity index (χ2n) is 40.8. The Hall–Kier alpha value is -10.9. The number of aryl methyl sites for hydroxylation is 2. The molecule has 17 aliphatic carbocycles. The average molecular weight is 1450 g/mol. The van der Waals surface area contributed by atoms with Gasteiger partial charge in [0, 0.05) is 39.4 Å². The molecule has 2 fully saturated rings. The fourth-order valence-corrected chi connectivity index (χ4v) is 36.7. The molecule has 0 saturated heterocycles. The van der Waals surface area contributed by atoms with Gasteiger partial charge < -0.3 is 4.74 Å². The lowest BCUT2D eigenvalue weighted by Gasteiger charge is -2.68. The van der Waals surface area contributed by atoms with Crippen molar-refractivity contribution in [1.29, 1.82) is 0 Å². The summed E-state index contributed by atoms with van der Waals surface area (Å²) in [5.74, 6) is 4.32. The minimum Gasteiger partial charge on any atom is -0.469 e. The molecular formula is C112H72O2. The maximum atomic E-state index is 12.8. The summed E-state index contributed by atoms with van der Waals surface area (Å²) in [6.07, 6.45) is 24.0. The molecule has 21 aromatic rings. The molecule has 0 amide bonds. The van der Waals surface area contributed by atoms with Gasteiger partial charge in [-0.15, -0.1) is 0 Å². The quantitative estimate of drug-likeness (QED) is 0.127. The van der Waals surface area contributed by atoms with Crippen molar-refractivity contribution in [2.75, 3.05) is 7.11 Å². The smallest absolute Gasteiger partial charge is 0.305 e. The number of hydrogen-bond acceptors (Lipinski definition) is 2. The third-order valence-electron chi connectivity index (χ3n) is 38.6. The molecule has 114 heavy (non-hydrogen) atoms. The summed E-state index contributed by atoms with van der Waals surface area (Å²) in [4.78, 5) is 12.8. The summed E-state index contributed by atoms with van der Waals surface area (Å²) in [6, 6.07) is 46.0. The van der Waals surface area contributed by atoms with Gasteiger partial charge in [-0.1, -0.05) is 172 Å². The Morgan fingerprint density at radius 2 is 0.930 bits per heavy atom. The molecule has 0 heterocycles. The van der Waals surface area contributed by atoms with Crippen molar-refractivity contribution in [1.82, 2.24) is 0 Å². The van der Waals surface area contributed by atoms with Crippen molar-refractivity contribution < 1.29 is 9.53 Å². The molecule has 21 aromatic carbocycles. The Balaban J connectivity index is 0.0000000931. The van der Waals surface area contributed by atoms with E-state index in [1.54, 1.807) is 267 Å². The number of rotatable bonds is 5. The summed E-state index contributed by atoms with van der Waals surface area (Å²) in [7, 11) is 1.54. The molecule has 2 saturated carbocycles. The van der Waals surface area contributed by atoms with Crippen LogP contribution in [-0.4, -0.2) is 13.1 Å². The zero-order valence-electron chi connectivity index (χ0n) is 64.5. The zero-order valence-corrected chi connectivity index (χ0v) is 64.5. The van der Waals surface area contributed by atoms with Crippen molar-refractivity contribution in [3.8, 4) is 0 Å². The van der Waals surface area contributed by atoms with Crippen LogP contribution in [0.1, 0.15) is 221 Å². The fraction of sp³-hybridized carbons (Fsp3) is 0.277. The van der Waals surface area contributed by atoms with Crippen LogP contribution < -0.4 is 15.7 Å². The molecule has 2 heteroatoms. The molecular weight excluding hydrogens is 1380 g/mol. The highest BCUT2D eigenvalue weighted by Gasteiger charge is 2.90. The lowest BCUT2D eigenvalue weighted by molar-refractivity contribution is -0.140. The number of ether oxygens (including phenoxy) is 1. The van der Waals surface area contributed by atoms with E-state index < -0.39 is 0 Å². The van der Waals surface area contributed by atoms with Gasteiger partial charge >= 0.3 is 5.97 Å². The Morgan fingerprint density at radius 1 is 0.439 bits per heavy atom. The van der Waals surface area contributed by atoms with Crippen LogP contribution in [0.15, 0.2) is 127 Å². The average Bonchev–Trinajstić information content (AvgIpc) is 1.40. The monoisotopic (exact) mass is 1450 g/mol. The fourth-order valence-electron chi connectivity index (χ4n) is 36.7. The molecule has 0 aromatic heterocycles. The first-order valence-corrected chi connectivity index (χ1v) is 44.3. The largest absolute Gasteiger partial charge is 0.469 e. The Morgan fingerprint density at radius 3 is 1.52 bits per heavy atom. The highest BCUT2D eigenvalue weighted by molar-refractivity contribution is 6.62. The number of hydrogen-bond donors (Lipinski definition) is 0. The van der Waals surface area contributed by atoms with Crippen LogP contribution in [0.4, 0.5) is 0 Å². The van der Waals surface area contributed by atoms with Gasteiger partial charge in [-0.05, 0) is 424 Å². The lowest BCUT2D eigenvalue weighted by atomic mass is 9.34. The summed E-state index contributed by atoms with van der Waals surface area (Å²) in [6.45, 7) is 10.1. The molecule has 6 unspecified atom stereocenters. The van der Waals surface area contributed by atoms with E-state index in [1.165, 1.54) is 74.8 Å². The van der Waals surface area contributed by atoms with Crippen LogP contribution in [0.3, 0.4) is 0 Å². The molecule has 532 valence electrons. The van der Waals surface area contributed by atoms with E-state index in [2.05, 4.69) is 161 Å². The highest BCUT2D eigenvalue weighted by atomic mass is 16.5. The van der Waals surface area contributed by atoms with Gasteiger partial charge in [0.1, 0.15) is 0 Å². The summed E-state index contributed by atoms with van der Waals surface area (Å²) in [5.41, 5.74) is 37.8. The van der Waals surface area contributed by atoms with E-state index in [4.69, 9.17) is 4.74 Å². The molecule has 0 N–H and O–H groups in total. The number of carbonyl (C=O) groups excluding carboxylic acids is 1. The second-order valence-corrected chi connectivity index (χ2v) is 40.8. The first-order valence-electron chi connectivity index (χ1n) is 44.3. The highest BCUT2D eigenvalue weighted by Crippen LogP contribution is 2.93. The van der Waals surface area contributed by atoms with E-state index in [0.29, 0.717) is 36.0 Å². The van der Waals surface area contributed by atoms with Gasteiger partial charge in [0.15, 0.2) is 0 Å². The van der Waals surface area contributed by atoms with Gasteiger partial charge in [-0.25, -0.2) is 0 Å². The molecule has 0 bridgehead atoms. The predicted molar refractivity (Wildman–Crippen MR) is 468 cm³/mol. The molecule has 2 nitrogen and oxygen atoms in total. The van der Waals surface area contributed by atoms with Gasteiger partial charge in [-0.2, -0.15) is 0 Å². The van der Waals surface area contributed by atoms with Gasteiger partial charge in [0.05, 0.1) is 7.11 Å². The van der Waals surface area contributed by atoms with Crippen molar-refractivity contribution >= 4 is 207 Å². The van der Waals surface area contributed by atoms with Crippen molar-refractivity contribution in [3.05, 3.63) is 249 Å². The van der Waals surface area contributed by atoms with E-state index in [0.717, 1.165) is 43.9 Å². The number of carbonyl (C=O) groups is 1. The van der Waals surface area contributed by atoms with Crippen molar-refractivity contribution in [3.63, 3.8) is 0 Å². The van der Waals surface area contributed by atoms with Crippen LogP contribution in [0.5, 0.6) is 0 Å². The SMILES string of the molecule is COC(=O)CCCC1(c2ccccc2)C23C=C4Cc5cc6cc7c8c9c(cc%10cc%11c%12c(c%13c%14c%15c(c4c5c4c6c8c(c%154)c4c9c%10c%12c%144)C%1321)C(=C3)C%11)C7.C[C@@H]1C[C@H](C)c2ccccc21.C[C@@H]1c2ccccc2[C@H](C)C23c4c5c6c7c8ccc9c%10c%11c%12c%13c(c%14c%15c%16c(c%17c4c(c6c8%10)c%11c%17c%13%15)C12C(CCC3C=5CC7)C=%16CC%14)=CCC9%12. The zero-order chi connectivity index (χ0) is 72.8. The minimum absolute atomic E-state index is 0.0979. The van der Waals surface area contributed by atoms with Gasteiger partial charge in [-0.3, -0.25) is 4.79 Å². The third kappa shape index (κ3) is 4.56. The van der Waals surface area contributed by atoms with Crippen LogP contribution in [0.2, 0.25) is 0 Å². The Bertz CT molecular complexity index is 8740. The number of esters is 1. The van der Waals surface area contributed by atoms with E-state index >= 15 is 0 Å². The molecule has 3 spiro atoms. The maximum Gasteiger partial charge on any atom is 0.305 e. The molecule has 17 aliphatic rings. The second kappa shape index (κ2) is 16.2. The van der Waals surface area contributed by atoms with Crippen LogP contribution in [0, 0.1) is 17.3 Å². The number of fused-ring (bicyclic) bond motifs is 7. The first kappa shape index (κ1) is 56.3. The van der Waals surface area contributed by atoms with Gasteiger partial charge in [0.25, 0.3) is 0 Å². The number of methoxy groups -OCH3 is 1. The molecule has 0 aliphatic heterocycles. The first-order chi connectivity index (χ1) is 56.1. The topological polar surface area (TPSA) is 26.3 Å². The van der Waals surface area contributed by atoms with Gasteiger partial charge in [0.2, 0.25) is 0 Å². The van der Waals surface area contributed by atoms with E-state index in [-0.39, 0.29) is 33.0 Å². The van der Waals surface area contributed by atoms with E-state index in [1.807, 2.05) is 32.7 Å².